The van der Waals surface area contributed by atoms with Crippen LogP contribution < -0.4 is 0 Å². The third kappa shape index (κ3) is 3.40. The van der Waals surface area contributed by atoms with E-state index in [0.717, 1.165) is 49.6 Å². The summed E-state index contributed by atoms with van der Waals surface area (Å²) in [6, 6.07) is 10.4. The van der Waals surface area contributed by atoms with Crippen molar-refractivity contribution >= 4 is 11.3 Å². The van der Waals surface area contributed by atoms with Gasteiger partial charge in [-0.05, 0) is 19.4 Å². The molecule has 1 N–H and O–H groups in total. The first-order valence-corrected chi connectivity index (χ1v) is 8.96. The minimum absolute atomic E-state index is 0.118. The standard InChI is InChI=1S/C18H24N2OS/c1-2-8-18(14-21)9-10-20(13-18)11-16-12-22-17(19-16)15-6-4-3-5-7-15/h3-7,12,21H,2,8-11,13-14H2,1H3. The Morgan fingerprint density at radius 2 is 2.14 bits per heavy atom. The van der Waals surface area contributed by atoms with Gasteiger partial charge < -0.3 is 5.11 Å². The molecule has 1 atom stereocenters. The fourth-order valence-electron chi connectivity index (χ4n) is 3.43. The van der Waals surface area contributed by atoms with Crippen LogP contribution in [0.4, 0.5) is 0 Å². The molecule has 0 aliphatic carbocycles. The summed E-state index contributed by atoms with van der Waals surface area (Å²) in [4.78, 5) is 7.22. The Kier molecular flexibility index (Phi) is 4.91. The average molecular weight is 316 g/mol. The number of rotatable bonds is 6. The van der Waals surface area contributed by atoms with Crippen LogP contribution in [0.25, 0.3) is 10.6 Å². The molecule has 0 radical (unpaired) electrons. The number of nitrogens with zero attached hydrogens (tertiary/aromatic N) is 2. The second kappa shape index (κ2) is 6.90. The van der Waals surface area contributed by atoms with E-state index in [0.29, 0.717) is 6.61 Å². The van der Waals surface area contributed by atoms with Gasteiger partial charge in [0.1, 0.15) is 5.01 Å². The molecule has 1 aliphatic heterocycles. The Hall–Kier alpha value is -1.23. The van der Waals surface area contributed by atoms with Crippen LogP contribution in [0.2, 0.25) is 0 Å². The van der Waals surface area contributed by atoms with Gasteiger partial charge in [0.05, 0.1) is 5.69 Å². The predicted molar refractivity (Wildman–Crippen MR) is 91.9 cm³/mol. The maximum absolute atomic E-state index is 9.74. The summed E-state index contributed by atoms with van der Waals surface area (Å²) in [7, 11) is 0. The summed E-state index contributed by atoms with van der Waals surface area (Å²) in [5.74, 6) is 0. The van der Waals surface area contributed by atoms with Crippen LogP contribution in [0.1, 0.15) is 31.9 Å². The van der Waals surface area contributed by atoms with Crippen LogP contribution in [0.15, 0.2) is 35.7 Å². The number of hydrogen-bond acceptors (Lipinski definition) is 4. The molecule has 1 aromatic heterocycles. The van der Waals surface area contributed by atoms with E-state index in [1.165, 1.54) is 5.56 Å². The highest BCUT2D eigenvalue weighted by atomic mass is 32.1. The highest BCUT2D eigenvalue weighted by Gasteiger charge is 2.36. The van der Waals surface area contributed by atoms with E-state index >= 15 is 0 Å². The van der Waals surface area contributed by atoms with Gasteiger partial charge in [-0.1, -0.05) is 43.7 Å². The first-order chi connectivity index (χ1) is 10.7. The smallest absolute Gasteiger partial charge is 0.123 e. The molecule has 3 nitrogen and oxygen atoms in total. The van der Waals surface area contributed by atoms with Crippen molar-refractivity contribution in [2.24, 2.45) is 5.41 Å². The number of aromatic nitrogens is 1. The molecule has 2 heterocycles. The zero-order chi connectivity index (χ0) is 15.4. The van der Waals surface area contributed by atoms with Crippen LogP contribution in [0, 0.1) is 5.41 Å². The molecule has 0 spiro atoms. The van der Waals surface area contributed by atoms with E-state index in [1.54, 1.807) is 11.3 Å². The summed E-state index contributed by atoms with van der Waals surface area (Å²) in [6.45, 7) is 5.47. The van der Waals surface area contributed by atoms with E-state index in [9.17, 15) is 5.11 Å². The van der Waals surface area contributed by atoms with E-state index in [-0.39, 0.29) is 5.41 Å². The van der Waals surface area contributed by atoms with Crippen LogP contribution in [-0.2, 0) is 6.54 Å². The van der Waals surface area contributed by atoms with Gasteiger partial charge in [0.2, 0.25) is 0 Å². The third-order valence-electron chi connectivity index (χ3n) is 4.59. The summed E-state index contributed by atoms with van der Waals surface area (Å²) < 4.78 is 0. The first-order valence-electron chi connectivity index (χ1n) is 8.08. The summed E-state index contributed by atoms with van der Waals surface area (Å²) in [5.41, 5.74) is 2.46. The molecule has 0 bridgehead atoms. The van der Waals surface area contributed by atoms with Crippen molar-refractivity contribution in [2.45, 2.75) is 32.7 Å². The Labute approximate surface area is 136 Å². The Balaban J connectivity index is 1.64. The number of benzene rings is 1. The zero-order valence-corrected chi connectivity index (χ0v) is 14.0. The molecule has 22 heavy (non-hydrogen) atoms. The lowest BCUT2D eigenvalue weighted by molar-refractivity contribution is 0.117. The highest BCUT2D eigenvalue weighted by molar-refractivity contribution is 7.13. The van der Waals surface area contributed by atoms with Gasteiger partial charge in [0, 0.05) is 36.1 Å². The average Bonchev–Trinajstić information content (AvgIpc) is 3.17. The van der Waals surface area contributed by atoms with E-state index in [4.69, 9.17) is 4.98 Å². The number of likely N-dealkylation sites (tertiary alicyclic amines) is 1. The van der Waals surface area contributed by atoms with Gasteiger partial charge in [-0.15, -0.1) is 11.3 Å². The number of aliphatic hydroxyl groups excluding tert-OH is 1. The summed E-state index contributed by atoms with van der Waals surface area (Å²) in [6.07, 6.45) is 3.36. The summed E-state index contributed by atoms with van der Waals surface area (Å²) >= 11 is 1.71. The molecule has 1 saturated heterocycles. The topological polar surface area (TPSA) is 36.4 Å². The van der Waals surface area contributed by atoms with Crippen LogP contribution in [-0.4, -0.2) is 34.7 Å². The second-order valence-electron chi connectivity index (χ2n) is 6.38. The molecule has 1 unspecified atom stereocenters. The third-order valence-corrected chi connectivity index (χ3v) is 5.53. The number of thiazole rings is 1. The second-order valence-corrected chi connectivity index (χ2v) is 7.24. The van der Waals surface area contributed by atoms with Gasteiger partial charge in [0.25, 0.3) is 0 Å². The first kappa shape index (κ1) is 15.7. The van der Waals surface area contributed by atoms with Gasteiger partial charge in [-0.3, -0.25) is 4.90 Å². The van der Waals surface area contributed by atoms with Crippen molar-refractivity contribution in [3.63, 3.8) is 0 Å². The minimum Gasteiger partial charge on any atom is -0.396 e. The molecule has 2 aromatic rings. The van der Waals surface area contributed by atoms with Gasteiger partial charge in [0.15, 0.2) is 0 Å². The molecule has 118 valence electrons. The van der Waals surface area contributed by atoms with Crippen molar-refractivity contribution in [1.82, 2.24) is 9.88 Å². The van der Waals surface area contributed by atoms with Crippen LogP contribution >= 0.6 is 11.3 Å². The summed E-state index contributed by atoms with van der Waals surface area (Å²) in [5, 5.41) is 13.0. The SMILES string of the molecule is CCCC1(CO)CCN(Cc2csc(-c3ccccc3)n2)C1. The molecular formula is C18H24N2OS. The Morgan fingerprint density at radius 1 is 1.32 bits per heavy atom. The van der Waals surface area contributed by atoms with Crippen LogP contribution in [0.5, 0.6) is 0 Å². The molecule has 1 fully saturated rings. The maximum atomic E-state index is 9.74. The van der Waals surface area contributed by atoms with E-state index in [2.05, 4.69) is 41.5 Å². The van der Waals surface area contributed by atoms with Gasteiger partial charge in [-0.25, -0.2) is 4.98 Å². The lowest BCUT2D eigenvalue weighted by atomic mass is 9.83. The molecule has 1 aliphatic rings. The normalized spacial score (nSPS) is 22.3. The molecule has 0 amide bonds. The quantitative estimate of drug-likeness (QED) is 0.881. The van der Waals surface area contributed by atoms with E-state index in [1.807, 2.05) is 6.07 Å². The maximum Gasteiger partial charge on any atom is 0.123 e. The number of aliphatic hydroxyl groups is 1. The molecule has 4 heteroatoms. The highest BCUT2D eigenvalue weighted by Crippen LogP contribution is 2.35. The van der Waals surface area contributed by atoms with Crippen molar-refractivity contribution in [3.05, 3.63) is 41.4 Å². The molecule has 3 rings (SSSR count). The predicted octanol–water partition coefficient (Wildman–Crippen LogP) is 3.79. The zero-order valence-electron chi connectivity index (χ0n) is 13.2. The van der Waals surface area contributed by atoms with Gasteiger partial charge >= 0.3 is 0 Å². The monoisotopic (exact) mass is 316 g/mol. The van der Waals surface area contributed by atoms with Gasteiger partial charge in [-0.2, -0.15) is 0 Å². The van der Waals surface area contributed by atoms with Crippen molar-refractivity contribution in [1.29, 1.82) is 0 Å². The minimum atomic E-state index is 0.118. The Morgan fingerprint density at radius 3 is 2.86 bits per heavy atom. The molecule has 0 saturated carbocycles. The lowest BCUT2D eigenvalue weighted by Gasteiger charge is -2.26. The lowest BCUT2D eigenvalue weighted by Crippen LogP contribution is -2.30. The molecule has 1 aromatic carbocycles. The van der Waals surface area contributed by atoms with Crippen molar-refractivity contribution in [3.8, 4) is 10.6 Å². The van der Waals surface area contributed by atoms with Crippen molar-refractivity contribution in [2.75, 3.05) is 19.7 Å². The Bertz CT molecular complexity index is 598. The number of hydrogen-bond donors (Lipinski definition) is 1. The fraction of sp³-hybridized carbons (Fsp3) is 0.500. The largest absolute Gasteiger partial charge is 0.396 e. The fourth-order valence-corrected chi connectivity index (χ4v) is 4.24. The molecular weight excluding hydrogens is 292 g/mol. The van der Waals surface area contributed by atoms with Crippen LogP contribution in [0.3, 0.4) is 0 Å². The van der Waals surface area contributed by atoms with Crippen molar-refractivity contribution < 1.29 is 5.11 Å². The van der Waals surface area contributed by atoms with E-state index < -0.39 is 0 Å².